The van der Waals surface area contributed by atoms with E-state index in [1.807, 2.05) is 32.0 Å². The highest BCUT2D eigenvalue weighted by molar-refractivity contribution is 6.11. The van der Waals surface area contributed by atoms with Crippen LogP contribution in [0.25, 0.3) is 0 Å². The minimum Gasteiger partial charge on any atom is -0.409 e. The first-order valence-corrected chi connectivity index (χ1v) is 7.16. The first-order valence-electron chi connectivity index (χ1n) is 7.16. The van der Waals surface area contributed by atoms with Crippen LogP contribution in [0.1, 0.15) is 51.2 Å². The van der Waals surface area contributed by atoms with Crippen LogP contribution in [-0.4, -0.2) is 17.0 Å². The molecule has 1 atom stereocenters. The largest absolute Gasteiger partial charge is 0.409 e. The molecule has 1 aromatic rings. The third kappa shape index (κ3) is 3.35. The maximum atomic E-state index is 12.6. The van der Waals surface area contributed by atoms with Gasteiger partial charge in [0.15, 0.2) is 5.84 Å². The number of carbonyl (C=O) groups excluding carboxylic acids is 1. The Bertz CT molecular complexity index is 552. The molecule has 1 unspecified atom stereocenters. The lowest BCUT2D eigenvalue weighted by Gasteiger charge is -2.27. The van der Waals surface area contributed by atoms with Crippen LogP contribution >= 0.6 is 0 Å². The number of para-hydroxylation sites is 1. The van der Waals surface area contributed by atoms with Crippen molar-refractivity contribution in [2.45, 2.75) is 47.0 Å². The van der Waals surface area contributed by atoms with E-state index in [2.05, 4.69) is 24.3 Å². The number of hydrogen-bond donors (Lipinski definition) is 3. The SMILES string of the molecule is CCC(C)(C(=O)Nc1c(C)cccc1C(C)C)/C(N)=N/O. The van der Waals surface area contributed by atoms with Gasteiger partial charge in [0.1, 0.15) is 5.41 Å². The van der Waals surface area contributed by atoms with Gasteiger partial charge in [-0.25, -0.2) is 0 Å². The fraction of sp³-hybridized carbons (Fsp3) is 0.500. The fourth-order valence-electron chi connectivity index (χ4n) is 2.16. The molecule has 0 aromatic heterocycles. The maximum absolute atomic E-state index is 12.6. The fourth-order valence-corrected chi connectivity index (χ4v) is 2.16. The summed E-state index contributed by atoms with van der Waals surface area (Å²) in [5, 5.41) is 14.9. The van der Waals surface area contributed by atoms with Gasteiger partial charge in [-0.2, -0.15) is 0 Å². The van der Waals surface area contributed by atoms with Gasteiger partial charge in [0.25, 0.3) is 0 Å². The quantitative estimate of drug-likeness (QED) is 0.337. The molecule has 4 N–H and O–H groups in total. The Balaban J connectivity index is 3.20. The zero-order chi connectivity index (χ0) is 16.2. The van der Waals surface area contributed by atoms with Crippen molar-refractivity contribution in [3.63, 3.8) is 0 Å². The van der Waals surface area contributed by atoms with Gasteiger partial charge < -0.3 is 16.3 Å². The average Bonchev–Trinajstić information content (AvgIpc) is 2.46. The van der Waals surface area contributed by atoms with Gasteiger partial charge in [0.2, 0.25) is 5.91 Å². The third-order valence-corrected chi connectivity index (χ3v) is 4.05. The molecule has 0 heterocycles. The Morgan fingerprint density at radius 2 is 2.10 bits per heavy atom. The maximum Gasteiger partial charge on any atom is 0.238 e. The van der Waals surface area contributed by atoms with Crippen LogP contribution in [0.15, 0.2) is 23.4 Å². The number of nitrogens with two attached hydrogens (primary N) is 1. The lowest BCUT2D eigenvalue weighted by Crippen LogP contribution is -2.44. The smallest absolute Gasteiger partial charge is 0.238 e. The first-order chi connectivity index (χ1) is 9.77. The van der Waals surface area contributed by atoms with E-state index in [9.17, 15) is 4.79 Å². The molecular weight excluding hydrogens is 266 g/mol. The summed E-state index contributed by atoms with van der Waals surface area (Å²) < 4.78 is 0. The summed E-state index contributed by atoms with van der Waals surface area (Å²) in [7, 11) is 0. The Morgan fingerprint density at radius 3 is 2.57 bits per heavy atom. The highest BCUT2D eigenvalue weighted by Gasteiger charge is 2.37. The van der Waals surface area contributed by atoms with Crippen molar-refractivity contribution in [1.29, 1.82) is 0 Å². The summed E-state index contributed by atoms with van der Waals surface area (Å²) in [6.07, 6.45) is 0.442. The molecule has 5 nitrogen and oxygen atoms in total. The second kappa shape index (κ2) is 6.61. The summed E-state index contributed by atoms with van der Waals surface area (Å²) in [5.74, 6) is -0.0596. The van der Waals surface area contributed by atoms with Crippen molar-refractivity contribution < 1.29 is 10.0 Å². The van der Waals surface area contributed by atoms with Crippen molar-refractivity contribution in [3.05, 3.63) is 29.3 Å². The van der Waals surface area contributed by atoms with Gasteiger partial charge in [-0.05, 0) is 37.3 Å². The van der Waals surface area contributed by atoms with Crippen molar-refractivity contribution in [2.75, 3.05) is 5.32 Å². The number of carbonyl (C=O) groups is 1. The monoisotopic (exact) mass is 291 g/mol. The molecule has 21 heavy (non-hydrogen) atoms. The Morgan fingerprint density at radius 1 is 1.48 bits per heavy atom. The highest BCUT2D eigenvalue weighted by Crippen LogP contribution is 2.30. The van der Waals surface area contributed by atoms with Crippen molar-refractivity contribution in [3.8, 4) is 0 Å². The average molecular weight is 291 g/mol. The van der Waals surface area contributed by atoms with E-state index in [0.29, 0.717) is 6.42 Å². The molecule has 1 amide bonds. The molecule has 0 bridgehead atoms. The zero-order valence-corrected chi connectivity index (χ0v) is 13.4. The normalized spacial score (nSPS) is 14.9. The van der Waals surface area contributed by atoms with Gasteiger partial charge in [-0.1, -0.05) is 44.1 Å². The minimum absolute atomic E-state index is 0.0813. The molecule has 0 saturated heterocycles. The molecule has 0 spiro atoms. The van der Waals surface area contributed by atoms with Crippen LogP contribution in [-0.2, 0) is 4.79 Å². The summed E-state index contributed by atoms with van der Waals surface area (Å²) in [6, 6.07) is 5.93. The second-order valence-corrected chi connectivity index (χ2v) is 5.82. The van der Waals surface area contributed by atoms with E-state index in [-0.39, 0.29) is 17.7 Å². The van der Waals surface area contributed by atoms with Crippen LogP contribution in [0.2, 0.25) is 0 Å². The third-order valence-electron chi connectivity index (χ3n) is 4.05. The van der Waals surface area contributed by atoms with Crippen LogP contribution < -0.4 is 11.1 Å². The highest BCUT2D eigenvalue weighted by atomic mass is 16.4. The predicted molar refractivity (Wildman–Crippen MR) is 85.7 cm³/mol. The van der Waals surface area contributed by atoms with E-state index in [1.54, 1.807) is 6.92 Å². The Kier molecular flexibility index (Phi) is 5.35. The minimum atomic E-state index is -1.04. The van der Waals surface area contributed by atoms with Crippen molar-refractivity contribution in [2.24, 2.45) is 16.3 Å². The van der Waals surface area contributed by atoms with E-state index in [1.165, 1.54) is 0 Å². The van der Waals surface area contributed by atoms with Crippen molar-refractivity contribution in [1.82, 2.24) is 0 Å². The Labute approximate surface area is 126 Å². The first kappa shape index (κ1) is 17.0. The number of hydrogen-bond acceptors (Lipinski definition) is 3. The number of benzene rings is 1. The molecule has 0 aliphatic heterocycles. The molecule has 0 aliphatic carbocycles. The van der Waals surface area contributed by atoms with Gasteiger partial charge in [-0.15, -0.1) is 0 Å². The molecule has 5 heteroatoms. The van der Waals surface area contributed by atoms with Crippen LogP contribution in [0.4, 0.5) is 5.69 Å². The van der Waals surface area contributed by atoms with Gasteiger partial charge >= 0.3 is 0 Å². The molecule has 0 radical (unpaired) electrons. The lowest BCUT2D eigenvalue weighted by molar-refractivity contribution is -0.121. The molecule has 0 aliphatic rings. The van der Waals surface area contributed by atoms with Crippen LogP contribution in [0.5, 0.6) is 0 Å². The summed E-state index contributed by atoms with van der Waals surface area (Å²) in [4.78, 5) is 12.6. The summed E-state index contributed by atoms with van der Waals surface area (Å²) >= 11 is 0. The molecule has 1 rings (SSSR count). The summed E-state index contributed by atoms with van der Waals surface area (Å²) in [5.41, 5.74) is 7.53. The Hall–Kier alpha value is -2.04. The number of anilines is 1. The predicted octanol–water partition coefficient (Wildman–Crippen LogP) is 3.22. The number of nitrogens with zero attached hydrogens (tertiary/aromatic N) is 1. The molecule has 0 fully saturated rings. The van der Waals surface area contributed by atoms with Crippen LogP contribution in [0, 0.1) is 12.3 Å². The number of oxime groups is 1. The van der Waals surface area contributed by atoms with Gasteiger partial charge in [0, 0.05) is 5.69 Å². The van der Waals surface area contributed by atoms with Gasteiger partial charge in [-0.3, -0.25) is 4.79 Å². The number of aryl methyl sites for hydroxylation is 1. The van der Waals surface area contributed by atoms with Crippen molar-refractivity contribution >= 4 is 17.4 Å². The molecular formula is C16H25N3O2. The van der Waals surface area contributed by atoms with E-state index in [4.69, 9.17) is 10.9 Å². The molecule has 116 valence electrons. The van der Waals surface area contributed by atoms with Crippen LogP contribution in [0.3, 0.4) is 0 Å². The zero-order valence-electron chi connectivity index (χ0n) is 13.4. The van der Waals surface area contributed by atoms with E-state index < -0.39 is 5.41 Å². The summed E-state index contributed by atoms with van der Waals surface area (Å²) in [6.45, 7) is 9.61. The standard InChI is InChI=1S/C16H25N3O2/c1-6-16(5,14(17)19-21)15(20)18-13-11(4)8-7-9-12(13)10(2)3/h7-10,21H,6H2,1-5H3,(H2,17,19)(H,18,20). The molecule has 0 saturated carbocycles. The lowest BCUT2D eigenvalue weighted by atomic mass is 9.84. The topological polar surface area (TPSA) is 87.7 Å². The number of amides is 1. The molecule has 1 aromatic carbocycles. The van der Waals surface area contributed by atoms with Gasteiger partial charge in [0.05, 0.1) is 0 Å². The van der Waals surface area contributed by atoms with E-state index in [0.717, 1.165) is 16.8 Å². The van der Waals surface area contributed by atoms with E-state index >= 15 is 0 Å². The second-order valence-electron chi connectivity index (χ2n) is 5.82. The number of nitrogens with one attached hydrogen (secondary N) is 1. The number of rotatable bonds is 5. The number of amidine groups is 1.